The van der Waals surface area contributed by atoms with Crippen LogP contribution >= 0.6 is 0 Å². The summed E-state index contributed by atoms with van der Waals surface area (Å²) in [6.07, 6.45) is 1.83. The Kier molecular flexibility index (Phi) is 4.97. The molecule has 0 saturated carbocycles. The van der Waals surface area contributed by atoms with E-state index in [4.69, 9.17) is 0 Å². The molecule has 0 aliphatic carbocycles. The summed E-state index contributed by atoms with van der Waals surface area (Å²) in [6.45, 7) is 1.91. The maximum atomic E-state index is 12.2. The van der Waals surface area contributed by atoms with Gasteiger partial charge >= 0.3 is 0 Å². The molecule has 2 rings (SSSR count). The fourth-order valence-corrected chi connectivity index (χ4v) is 3.46. The van der Waals surface area contributed by atoms with Crippen LogP contribution in [0.3, 0.4) is 0 Å². The van der Waals surface area contributed by atoms with Crippen molar-refractivity contribution in [3.05, 3.63) is 35.4 Å². The molecule has 0 fully saturated rings. The second-order valence-electron chi connectivity index (χ2n) is 5.38. The molecule has 1 atom stereocenters. The Morgan fingerprint density at radius 1 is 1.09 bits per heavy atom. The number of unbranched alkanes of at least 4 members (excludes halogenated alkanes) is 1. The van der Waals surface area contributed by atoms with Gasteiger partial charge in [0.1, 0.15) is 0 Å². The summed E-state index contributed by atoms with van der Waals surface area (Å²) >= 11 is 0. The number of nitrogens with zero attached hydrogens (tertiary/aromatic N) is 1. The molecule has 22 heavy (non-hydrogen) atoms. The number of amides is 2. The molecule has 0 spiro atoms. The highest BCUT2D eigenvalue weighted by atomic mass is 32.2. The van der Waals surface area contributed by atoms with Gasteiger partial charge in [-0.05, 0) is 25.0 Å². The lowest BCUT2D eigenvalue weighted by molar-refractivity contribution is 0.0651. The monoisotopic (exact) mass is 325 g/mol. The lowest BCUT2D eigenvalue weighted by atomic mass is 10.1. The second-order valence-corrected chi connectivity index (χ2v) is 7.07. The van der Waals surface area contributed by atoms with Crippen LogP contribution in [0.1, 0.15) is 53.3 Å². The van der Waals surface area contributed by atoms with Crippen LogP contribution in [-0.4, -0.2) is 41.5 Å². The molecule has 1 aliphatic rings. The highest BCUT2D eigenvalue weighted by Gasteiger charge is 2.36. The Labute approximate surface area is 129 Å². The number of rotatable bonds is 7. The van der Waals surface area contributed by atoms with E-state index in [0.29, 0.717) is 24.0 Å². The highest BCUT2D eigenvalue weighted by Crippen LogP contribution is 2.24. The van der Waals surface area contributed by atoms with Gasteiger partial charge in [-0.2, -0.15) is 8.42 Å². The van der Waals surface area contributed by atoms with Crippen LogP contribution in [0.2, 0.25) is 0 Å². The smallest absolute Gasteiger partial charge is 0.267 e. The number of carbonyl (C=O) groups excluding carboxylic acids is 2. The lowest BCUT2D eigenvalue weighted by Gasteiger charge is -2.18. The maximum absolute atomic E-state index is 12.2. The Morgan fingerprint density at radius 3 is 2.09 bits per heavy atom. The Hall–Kier alpha value is -1.73. The normalized spacial score (nSPS) is 16.0. The summed E-state index contributed by atoms with van der Waals surface area (Å²) < 4.78 is 32.0. The van der Waals surface area contributed by atoms with E-state index in [1.807, 2.05) is 6.92 Å². The number of fused-ring (bicyclic) bond motifs is 1. The molecule has 1 aliphatic heterocycles. The Balaban J connectivity index is 2.08. The van der Waals surface area contributed by atoms with E-state index in [1.165, 1.54) is 0 Å². The third-order valence-electron chi connectivity index (χ3n) is 3.85. The highest BCUT2D eigenvalue weighted by molar-refractivity contribution is 7.86. The zero-order chi connectivity index (χ0) is 16.3. The zero-order valence-electron chi connectivity index (χ0n) is 12.4. The van der Waals surface area contributed by atoms with Crippen LogP contribution in [0.15, 0.2) is 24.3 Å². The molecule has 7 heteroatoms. The van der Waals surface area contributed by atoms with Crippen molar-refractivity contribution in [2.75, 3.05) is 6.54 Å². The third kappa shape index (κ3) is 3.36. The molecule has 1 aromatic carbocycles. The van der Waals surface area contributed by atoms with Gasteiger partial charge in [0.15, 0.2) is 0 Å². The Bertz CT molecular complexity index is 648. The average molecular weight is 325 g/mol. The quantitative estimate of drug-likeness (QED) is 0.612. The number of imide groups is 1. The molecule has 2 amide bonds. The number of carbonyl (C=O) groups is 2. The molecule has 1 aromatic rings. The van der Waals surface area contributed by atoms with E-state index in [0.717, 1.165) is 11.3 Å². The van der Waals surface area contributed by atoms with E-state index in [1.54, 1.807) is 24.3 Å². The third-order valence-corrected chi connectivity index (χ3v) is 5.17. The molecular formula is C15H19NO5S. The summed E-state index contributed by atoms with van der Waals surface area (Å²) in [5.74, 6) is -0.824. The van der Waals surface area contributed by atoms with Gasteiger partial charge in [0.2, 0.25) is 0 Å². The minimum absolute atomic E-state index is 0.0134. The molecule has 6 nitrogen and oxygen atoms in total. The van der Waals surface area contributed by atoms with Crippen molar-refractivity contribution in [1.29, 1.82) is 0 Å². The molecule has 1 heterocycles. The van der Waals surface area contributed by atoms with Gasteiger partial charge in [0.25, 0.3) is 21.9 Å². The topological polar surface area (TPSA) is 91.8 Å². The van der Waals surface area contributed by atoms with Crippen LogP contribution in [0.5, 0.6) is 0 Å². The van der Waals surface area contributed by atoms with E-state index >= 15 is 0 Å². The molecule has 1 unspecified atom stereocenters. The van der Waals surface area contributed by atoms with Gasteiger partial charge in [0, 0.05) is 6.54 Å². The fourth-order valence-electron chi connectivity index (χ4n) is 2.59. The number of benzene rings is 1. The molecule has 0 saturated heterocycles. The van der Waals surface area contributed by atoms with Crippen molar-refractivity contribution in [3.63, 3.8) is 0 Å². The van der Waals surface area contributed by atoms with Crippen molar-refractivity contribution in [1.82, 2.24) is 4.90 Å². The maximum Gasteiger partial charge on any atom is 0.267 e. The molecule has 120 valence electrons. The summed E-state index contributed by atoms with van der Waals surface area (Å²) in [5, 5.41) is -0.947. The van der Waals surface area contributed by atoms with E-state index in [-0.39, 0.29) is 13.0 Å². The lowest BCUT2D eigenvalue weighted by Crippen LogP contribution is -2.34. The van der Waals surface area contributed by atoms with Crippen LogP contribution in [0, 0.1) is 0 Å². The number of hydrogen-bond donors (Lipinski definition) is 1. The zero-order valence-corrected chi connectivity index (χ0v) is 13.2. The average Bonchev–Trinajstić information content (AvgIpc) is 2.71. The molecule has 0 radical (unpaired) electrons. The van der Waals surface area contributed by atoms with Crippen molar-refractivity contribution in [2.45, 2.75) is 37.9 Å². The molecular weight excluding hydrogens is 306 g/mol. The van der Waals surface area contributed by atoms with Gasteiger partial charge in [-0.15, -0.1) is 0 Å². The van der Waals surface area contributed by atoms with Crippen molar-refractivity contribution in [3.8, 4) is 0 Å². The van der Waals surface area contributed by atoms with Crippen molar-refractivity contribution < 1.29 is 22.6 Å². The first kappa shape index (κ1) is 16.6. The van der Waals surface area contributed by atoms with Crippen molar-refractivity contribution in [2.24, 2.45) is 0 Å². The molecule has 0 bridgehead atoms. The van der Waals surface area contributed by atoms with Gasteiger partial charge in [-0.3, -0.25) is 19.0 Å². The largest absolute Gasteiger partial charge is 0.285 e. The fraction of sp³-hybridized carbons (Fsp3) is 0.467. The second kappa shape index (κ2) is 6.58. The van der Waals surface area contributed by atoms with E-state index < -0.39 is 27.2 Å². The summed E-state index contributed by atoms with van der Waals surface area (Å²) in [7, 11) is -4.18. The minimum Gasteiger partial charge on any atom is -0.285 e. The van der Waals surface area contributed by atoms with Crippen molar-refractivity contribution >= 4 is 21.9 Å². The summed E-state index contributed by atoms with van der Waals surface area (Å²) in [6, 6.07) is 6.51. The van der Waals surface area contributed by atoms with Gasteiger partial charge in [0.05, 0.1) is 16.4 Å². The predicted molar refractivity (Wildman–Crippen MR) is 81.3 cm³/mol. The molecule has 0 aromatic heterocycles. The first-order valence-electron chi connectivity index (χ1n) is 7.27. The first-order valence-corrected chi connectivity index (χ1v) is 8.78. The first-order chi connectivity index (χ1) is 10.4. The van der Waals surface area contributed by atoms with Crippen LogP contribution in [0.4, 0.5) is 0 Å². The molecule has 1 N–H and O–H groups in total. The van der Waals surface area contributed by atoms with E-state index in [2.05, 4.69) is 0 Å². The van der Waals surface area contributed by atoms with E-state index in [9.17, 15) is 22.6 Å². The predicted octanol–water partition coefficient (Wildman–Crippen LogP) is 2.12. The summed E-state index contributed by atoms with van der Waals surface area (Å²) in [4.78, 5) is 25.4. The number of hydrogen-bond acceptors (Lipinski definition) is 4. The Morgan fingerprint density at radius 2 is 1.64 bits per heavy atom. The minimum atomic E-state index is -4.18. The van der Waals surface area contributed by atoms with Gasteiger partial charge in [-0.25, -0.2) is 0 Å². The van der Waals surface area contributed by atoms with Crippen LogP contribution < -0.4 is 0 Å². The summed E-state index contributed by atoms with van der Waals surface area (Å²) in [5.41, 5.74) is 0.675. The van der Waals surface area contributed by atoms with Crippen LogP contribution in [0.25, 0.3) is 0 Å². The van der Waals surface area contributed by atoms with Crippen LogP contribution in [-0.2, 0) is 10.1 Å². The standard InChI is InChI=1S/C15H19NO5S/c1-2-3-6-11(22(19,20)21)9-10-16-14(17)12-7-4-5-8-13(12)15(16)18/h4-5,7-8,11H,2-3,6,9-10H2,1H3,(H,19,20,21). The SMILES string of the molecule is CCCCC(CCN1C(=O)c2ccccc2C1=O)S(=O)(=O)O. The van der Waals surface area contributed by atoms with Gasteiger partial charge in [-0.1, -0.05) is 31.9 Å². The van der Waals surface area contributed by atoms with Gasteiger partial charge < -0.3 is 0 Å².